The summed E-state index contributed by atoms with van der Waals surface area (Å²) < 4.78 is 2.47. The first kappa shape index (κ1) is 35.0. The number of benzene rings is 10. The molecule has 0 bridgehead atoms. The van der Waals surface area contributed by atoms with E-state index in [9.17, 15) is 0 Å². The Bertz CT molecular complexity index is 3370. The van der Waals surface area contributed by atoms with Gasteiger partial charge >= 0.3 is 0 Å². The lowest BCUT2D eigenvalue weighted by atomic mass is 9.67. The number of fused-ring (bicyclic) bond motifs is 7. The summed E-state index contributed by atoms with van der Waals surface area (Å²) in [4.78, 5) is 2.48. The number of aromatic nitrogens is 1. The Labute approximate surface area is 355 Å². The second kappa shape index (κ2) is 14.1. The molecule has 1 aliphatic carbocycles. The summed E-state index contributed by atoms with van der Waals surface area (Å²) in [5, 5.41) is 4.90. The fourth-order valence-electron chi connectivity index (χ4n) is 10.3. The molecule has 1 aromatic heterocycles. The van der Waals surface area contributed by atoms with E-state index in [1.165, 1.54) is 77.3 Å². The van der Waals surface area contributed by atoms with E-state index < -0.39 is 5.41 Å². The van der Waals surface area contributed by atoms with E-state index in [0.29, 0.717) is 0 Å². The maximum absolute atomic E-state index is 2.48. The molecule has 1 heterocycles. The van der Waals surface area contributed by atoms with Crippen LogP contribution in [0.5, 0.6) is 0 Å². The zero-order chi connectivity index (χ0) is 40.3. The van der Waals surface area contributed by atoms with Crippen LogP contribution in [-0.4, -0.2) is 4.57 Å². The van der Waals surface area contributed by atoms with Crippen LogP contribution in [0.4, 0.5) is 17.1 Å². The van der Waals surface area contributed by atoms with Crippen LogP contribution in [-0.2, 0) is 5.41 Å². The molecule has 0 unspecified atom stereocenters. The molecule has 2 nitrogen and oxygen atoms in total. The van der Waals surface area contributed by atoms with Crippen molar-refractivity contribution in [1.82, 2.24) is 4.57 Å². The molecule has 11 aromatic rings. The van der Waals surface area contributed by atoms with Crippen LogP contribution in [0.2, 0.25) is 0 Å². The molecule has 0 amide bonds. The largest absolute Gasteiger partial charge is 0.310 e. The minimum atomic E-state index is -0.528. The topological polar surface area (TPSA) is 8.17 Å². The van der Waals surface area contributed by atoms with Crippen molar-refractivity contribution in [2.45, 2.75) is 5.41 Å². The Morgan fingerprint density at radius 1 is 0.344 bits per heavy atom. The second-order valence-electron chi connectivity index (χ2n) is 16.0. The van der Waals surface area contributed by atoms with Gasteiger partial charge < -0.3 is 9.47 Å². The number of rotatable bonds is 7. The molecule has 0 spiro atoms. The summed E-state index contributed by atoms with van der Waals surface area (Å²) in [5.74, 6) is 0. The van der Waals surface area contributed by atoms with Crippen LogP contribution in [0.25, 0.3) is 60.5 Å². The first-order valence-corrected chi connectivity index (χ1v) is 21.1. The number of para-hydroxylation sites is 2. The molecule has 0 aliphatic heterocycles. The van der Waals surface area contributed by atoms with Gasteiger partial charge in [-0.15, -0.1) is 0 Å². The number of nitrogens with zero attached hydrogens (tertiary/aromatic N) is 2. The van der Waals surface area contributed by atoms with Crippen molar-refractivity contribution < 1.29 is 0 Å². The van der Waals surface area contributed by atoms with Gasteiger partial charge in [0.1, 0.15) is 0 Å². The van der Waals surface area contributed by atoms with Crippen LogP contribution < -0.4 is 4.90 Å². The predicted molar refractivity (Wildman–Crippen MR) is 256 cm³/mol. The molecule has 0 N–H and O–H groups in total. The Kier molecular flexibility index (Phi) is 8.11. The minimum absolute atomic E-state index is 0.528. The lowest BCUT2D eigenvalue weighted by molar-refractivity contribution is 0.768. The van der Waals surface area contributed by atoms with Gasteiger partial charge in [0.15, 0.2) is 0 Å². The molecule has 12 rings (SSSR count). The van der Waals surface area contributed by atoms with Crippen molar-refractivity contribution in [3.8, 4) is 27.9 Å². The van der Waals surface area contributed by atoms with Crippen molar-refractivity contribution in [3.05, 3.63) is 265 Å². The monoisotopic (exact) mass is 776 g/mol. The molecule has 286 valence electrons. The zero-order valence-corrected chi connectivity index (χ0v) is 33.5. The summed E-state index contributed by atoms with van der Waals surface area (Å²) in [6.45, 7) is 0. The fourth-order valence-corrected chi connectivity index (χ4v) is 10.3. The van der Waals surface area contributed by atoms with Crippen LogP contribution in [0.3, 0.4) is 0 Å². The van der Waals surface area contributed by atoms with Gasteiger partial charge in [-0.2, -0.15) is 0 Å². The third-order valence-corrected chi connectivity index (χ3v) is 12.9. The van der Waals surface area contributed by atoms with Gasteiger partial charge in [-0.25, -0.2) is 0 Å². The van der Waals surface area contributed by atoms with Gasteiger partial charge in [0.05, 0.1) is 27.8 Å². The van der Waals surface area contributed by atoms with E-state index in [-0.39, 0.29) is 0 Å². The third kappa shape index (κ3) is 5.36. The van der Waals surface area contributed by atoms with Crippen molar-refractivity contribution in [2.24, 2.45) is 0 Å². The van der Waals surface area contributed by atoms with Crippen LogP contribution in [0, 0.1) is 0 Å². The van der Waals surface area contributed by atoms with E-state index >= 15 is 0 Å². The summed E-state index contributed by atoms with van der Waals surface area (Å²) in [5.41, 5.74) is 16.2. The van der Waals surface area contributed by atoms with E-state index in [1.54, 1.807) is 0 Å². The highest BCUT2D eigenvalue weighted by molar-refractivity contribution is 6.12. The average molecular weight is 777 g/mol. The normalized spacial score (nSPS) is 12.7. The molecule has 61 heavy (non-hydrogen) atoms. The number of anilines is 3. The summed E-state index contributed by atoms with van der Waals surface area (Å²) in [7, 11) is 0. The van der Waals surface area contributed by atoms with E-state index in [1.807, 2.05) is 0 Å². The highest BCUT2D eigenvalue weighted by Gasteiger charge is 2.46. The highest BCUT2D eigenvalue weighted by atomic mass is 15.1. The molecule has 0 saturated heterocycles. The fraction of sp³-hybridized carbons (Fsp3) is 0.0169. The minimum Gasteiger partial charge on any atom is -0.310 e. The molecule has 0 fully saturated rings. The van der Waals surface area contributed by atoms with E-state index in [4.69, 9.17) is 0 Å². The average Bonchev–Trinajstić information content (AvgIpc) is 3.82. The Morgan fingerprint density at radius 2 is 0.902 bits per heavy atom. The molecule has 0 radical (unpaired) electrons. The van der Waals surface area contributed by atoms with Crippen LogP contribution in [0.1, 0.15) is 22.3 Å². The second-order valence-corrected chi connectivity index (χ2v) is 16.0. The Morgan fingerprint density at radius 3 is 1.69 bits per heavy atom. The quantitative estimate of drug-likeness (QED) is 0.156. The predicted octanol–water partition coefficient (Wildman–Crippen LogP) is 15.4. The standard InChI is InChI=1S/C59H40N2/c1-4-19-41(20-5-1)47-28-13-16-32-55(47)60(46-36-38-52-51-30-14-17-33-57(51)61(58(52)40-46)56-34-18-22-42-21-10-11-27-48(42)56)45-35-37-50-49-29-12-15-31-53(49)59(54(50)39-45,43-23-6-2-7-24-43)44-25-8-3-9-26-44/h1-40H. The first-order valence-electron chi connectivity index (χ1n) is 21.1. The molecule has 0 saturated carbocycles. The summed E-state index contributed by atoms with van der Waals surface area (Å²) in [6, 6.07) is 89.2. The maximum Gasteiger partial charge on any atom is 0.0714 e. The van der Waals surface area contributed by atoms with Gasteiger partial charge in [-0.3, -0.25) is 0 Å². The van der Waals surface area contributed by atoms with Gasteiger partial charge in [0.2, 0.25) is 0 Å². The van der Waals surface area contributed by atoms with Gasteiger partial charge in [0.25, 0.3) is 0 Å². The SMILES string of the molecule is c1ccc(-c2ccccc2N(c2ccc3c(c2)C(c2ccccc2)(c2ccccc2)c2ccccc2-3)c2ccc3c4ccccc4n(-c4cccc5ccccc45)c3c2)cc1. The molecule has 0 atom stereocenters. The molecular formula is C59H40N2. The van der Waals surface area contributed by atoms with E-state index in [2.05, 4.69) is 252 Å². The van der Waals surface area contributed by atoms with E-state index in [0.717, 1.165) is 22.6 Å². The third-order valence-electron chi connectivity index (χ3n) is 12.9. The number of hydrogen-bond acceptors (Lipinski definition) is 1. The first-order chi connectivity index (χ1) is 30.3. The molecular weight excluding hydrogens is 737 g/mol. The number of hydrogen-bond donors (Lipinski definition) is 0. The maximum atomic E-state index is 2.48. The van der Waals surface area contributed by atoms with Crippen LogP contribution >= 0.6 is 0 Å². The lowest BCUT2D eigenvalue weighted by Gasteiger charge is -2.35. The molecule has 1 aliphatic rings. The van der Waals surface area contributed by atoms with Gasteiger partial charge in [-0.05, 0) is 86.8 Å². The highest BCUT2D eigenvalue weighted by Crippen LogP contribution is 2.57. The van der Waals surface area contributed by atoms with Crippen molar-refractivity contribution >= 4 is 49.6 Å². The summed E-state index contributed by atoms with van der Waals surface area (Å²) in [6.07, 6.45) is 0. The van der Waals surface area contributed by atoms with Gasteiger partial charge in [-0.1, -0.05) is 200 Å². The van der Waals surface area contributed by atoms with Gasteiger partial charge in [0, 0.05) is 33.1 Å². The zero-order valence-electron chi connectivity index (χ0n) is 33.5. The Hall–Kier alpha value is -7.94. The smallest absolute Gasteiger partial charge is 0.0714 e. The van der Waals surface area contributed by atoms with Crippen molar-refractivity contribution in [3.63, 3.8) is 0 Å². The van der Waals surface area contributed by atoms with Crippen LogP contribution in [0.15, 0.2) is 243 Å². The molecule has 2 heteroatoms. The van der Waals surface area contributed by atoms with Crippen molar-refractivity contribution in [1.29, 1.82) is 0 Å². The Balaban J connectivity index is 1.16. The lowest BCUT2D eigenvalue weighted by Crippen LogP contribution is -2.28. The molecule has 10 aromatic carbocycles. The summed E-state index contributed by atoms with van der Waals surface area (Å²) >= 11 is 0. The van der Waals surface area contributed by atoms with Crippen molar-refractivity contribution in [2.75, 3.05) is 4.90 Å².